The third-order valence-corrected chi connectivity index (χ3v) is 2.08. The van der Waals surface area contributed by atoms with Crippen LogP contribution in [-0.4, -0.2) is 27.9 Å². The number of hydrogen-bond acceptors (Lipinski definition) is 3. The van der Waals surface area contributed by atoms with E-state index in [1.807, 2.05) is 4.68 Å². The van der Waals surface area contributed by atoms with E-state index in [0.717, 1.165) is 38.3 Å². The van der Waals surface area contributed by atoms with E-state index in [1.54, 1.807) is 6.33 Å². The van der Waals surface area contributed by atoms with E-state index in [0.29, 0.717) is 0 Å². The van der Waals surface area contributed by atoms with Crippen molar-refractivity contribution < 1.29 is 0 Å². The molecule has 0 radical (unpaired) electrons. The molecule has 4 nitrogen and oxygen atoms in total. The molecule has 0 saturated heterocycles. The molecule has 1 rings (SSSR count). The summed E-state index contributed by atoms with van der Waals surface area (Å²) >= 11 is 0. The number of nitrogens with zero attached hydrogens (tertiary/aromatic N) is 3. The Kier molecular flexibility index (Phi) is 5.22. The van der Waals surface area contributed by atoms with Crippen LogP contribution in [0.4, 0.5) is 0 Å². The highest BCUT2D eigenvalue weighted by Crippen LogP contribution is 1.96. The summed E-state index contributed by atoms with van der Waals surface area (Å²) in [6.07, 6.45) is 4.91. The number of aryl methyl sites for hydroxylation is 1. The van der Waals surface area contributed by atoms with E-state index in [-0.39, 0.29) is 0 Å². The summed E-state index contributed by atoms with van der Waals surface area (Å²) in [4.78, 5) is 4.24. The smallest absolute Gasteiger partial charge is 0.138 e. The number of aromatic nitrogens is 3. The van der Waals surface area contributed by atoms with Crippen LogP contribution in [0.3, 0.4) is 0 Å². The van der Waals surface area contributed by atoms with E-state index in [4.69, 9.17) is 0 Å². The van der Waals surface area contributed by atoms with Crippen LogP contribution < -0.4 is 5.32 Å². The molecule has 80 valence electrons. The topological polar surface area (TPSA) is 42.7 Å². The van der Waals surface area contributed by atoms with Gasteiger partial charge in [0.25, 0.3) is 0 Å². The van der Waals surface area contributed by atoms with Gasteiger partial charge in [0.2, 0.25) is 0 Å². The Balaban J connectivity index is 2.30. The van der Waals surface area contributed by atoms with Gasteiger partial charge in [-0.2, -0.15) is 5.10 Å². The van der Waals surface area contributed by atoms with Gasteiger partial charge in [-0.1, -0.05) is 13.8 Å². The fraction of sp³-hybridized carbons (Fsp3) is 0.800. The second-order valence-corrected chi connectivity index (χ2v) is 3.40. The van der Waals surface area contributed by atoms with Crippen LogP contribution in [-0.2, 0) is 13.0 Å². The first kappa shape index (κ1) is 11.2. The highest BCUT2D eigenvalue weighted by molar-refractivity contribution is 4.85. The first-order chi connectivity index (χ1) is 6.88. The first-order valence-corrected chi connectivity index (χ1v) is 5.45. The number of nitrogens with one attached hydrogen (secondary N) is 1. The van der Waals surface area contributed by atoms with Crippen molar-refractivity contribution >= 4 is 0 Å². The molecular weight excluding hydrogens is 176 g/mol. The quantitative estimate of drug-likeness (QED) is 0.667. The zero-order chi connectivity index (χ0) is 10.2. The van der Waals surface area contributed by atoms with Crippen LogP contribution in [0, 0.1) is 0 Å². The summed E-state index contributed by atoms with van der Waals surface area (Å²) in [6, 6.07) is 0. The molecule has 0 bridgehead atoms. The Bertz CT molecular complexity index is 244. The lowest BCUT2D eigenvalue weighted by atomic mass is 10.3. The molecule has 1 aromatic heterocycles. The van der Waals surface area contributed by atoms with Gasteiger partial charge < -0.3 is 5.32 Å². The molecule has 0 aliphatic rings. The molecule has 0 atom stereocenters. The second kappa shape index (κ2) is 6.54. The number of rotatable bonds is 7. The molecule has 14 heavy (non-hydrogen) atoms. The van der Waals surface area contributed by atoms with Crippen LogP contribution in [0.1, 0.15) is 32.5 Å². The highest BCUT2D eigenvalue weighted by Gasteiger charge is 2.01. The van der Waals surface area contributed by atoms with E-state index >= 15 is 0 Å². The maximum Gasteiger partial charge on any atom is 0.138 e. The van der Waals surface area contributed by atoms with Crippen LogP contribution in [0.25, 0.3) is 0 Å². The fourth-order valence-corrected chi connectivity index (χ4v) is 1.38. The molecule has 1 N–H and O–H groups in total. The van der Waals surface area contributed by atoms with E-state index in [2.05, 4.69) is 29.2 Å². The van der Waals surface area contributed by atoms with Gasteiger partial charge in [-0.3, -0.25) is 4.68 Å². The molecule has 0 fully saturated rings. The van der Waals surface area contributed by atoms with Gasteiger partial charge in [-0.05, 0) is 19.4 Å². The predicted octanol–water partition coefficient (Wildman–Crippen LogP) is 1.23. The molecule has 0 spiro atoms. The molecule has 1 aromatic rings. The van der Waals surface area contributed by atoms with Crippen molar-refractivity contribution in [3.63, 3.8) is 0 Å². The molecule has 0 unspecified atom stereocenters. The maximum absolute atomic E-state index is 4.24. The Morgan fingerprint density at radius 1 is 1.29 bits per heavy atom. The molecular formula is C10H20N4. The lowest BCUT2D eigenvalue weighted by molar-refractivity contribution is 0.555. The minimum atomic E-state index is 0.972. The minimum Gasteiger partial charge on any atom is -0.316 e. The summed E-state index contributed by atoms with van der Waals surface area (Å²) < 4.78 is 1.99. The monoisotopic (exact) mass is 196 g/mol. The zero-order valence-electron chi connectivity index (χ0n) is 9.16. The van der Waals surface area contributed by atoms with Gasteiger partial charge >= 0.3 is 0 Å². The van der Waals surface area contributed by atoms with Gasteiger partial charge in [0.1, 0.15) is 12.2 Å². The fourth-order valence-electron chi connectivity index (χ4n) is 1.38. The molecule has 0 aliphatic carbocycles. The minimum absolute atomic E-state index is 0.972. The summed E-state index contributed by atoms with van der Waals surface area (Å²) in [5.74, 6) is 1.09. The third-order valence-electron chi connectivity index (χ3n) is 2.08. The Morgan fingerprint density at radius 3 is 2.86 bits per heavy atom. The Morgan fingerprint density at radius 2 is 2.14 bits per heavy atom. The molecule has 0 aliphatic heterocycles. The van der Waals surface area contributed by atoms with Crippen molar-refractivity contribution in [2.45, 2.75) is 39.7 Å². The Labute approximate surface area is 85.7 Å². The molecule has 4 heteroatoms. The SMILES string of the molecule is CCCNCCc1ncnn1CCC. The van der Waals surface area contributed by atoms with Crippen molar-refractivity contribution in [2.24, 2.45) is 0 Å². The molecule has 0 aromatic carbocycles. The summed E-state index contributed by atoms with van der Waals surface area (Å²) in [5.41, 5.74) is 0. The summed E-state index contributed by atoms with van der Waals surface area (Å²) in [5, 5.41) is 7.54. The van der Waals surface area contributed by atoms with Crippen LogP contribution >= 0.6 is 0 Å². The zero-order valence-corrected chi connectivity index (χ0v) is 9.16. The average Bonchev–Trinajstić information content (AvgIpc) is 2.61. The molecule has 1 heterocycles. The van der Waals surface area contributed by atoms with Gasteiger partial charge in [0, 0.05) is 19.5 Å². The van der Waals surface area contributed by atoms with E-state index in [1.165, 1.54) is 6.42 Å². The predicted molar refractivity (Wildman–Crippen MR) is 57.2 cm³/mol. The summed E-state index contributed by atoms with van der Waals surface area (Å²) in [6.45, 7) is 7.38. The van der Waals surface area contributed by atoms with Crippen molar-refractivity contribution in [3.8, 4) is 0 Å². The lowest BCUT2D eigenvalue weighted by Gasteiger charge is -2.04. The second-order valence-electron chi connectivity index (χ2n) is 3.40. The van der Waals surface area contributed by atoms with Gasteiger partial charge in [-0.15, -0.1) is 0 Å². The Hall–Kier alpha value is -0.900. The van der Waals surface area contributed by atoms with Crippen molar-refractivity contribution in [1.29, 1.82) is 0 Å². The standard InChI is InChI=1S/C10H20N4/c1-3-6-11-7-5-10-12-9-13-14(10)8-4-2/h9,11H,3-8H2,1-2H3. The molecule has 0 amide bonds. The van der Waals surface area contributed by atoms with Crippen molar-refractivity contribution in [1.82, 2.24) is 20.1 Å². The number of hydrogen-bond donors (Lipinski definition) is 1. The largest absolute Gasteiger partial charge is 0.316 e. The molecule has 0 saturated carbocycles. The van der Waals surface area contributed by atoms with Crippen LogP contribution in [0.15, 0.2) is 6.33 Å². The normalized spacial score (nSPS) is 10.7. The first-order valence-electron chi connectivity index (χ1n) is 5.45. The maximum atomic E-state index is 4.24. The van der Waals surface area contributed by atoms with E-state index in [9.17, 15) is 0 Å². The van der Waals surface area contributed by atoms with Crippen molar-refractivity contribution in [3.05, 3.63) is 12.2 Å². The van der Waals surface area contributed by atoms with Crippen LogP contribution in [0.5, 0.6) is 0 Å². The lowest BCUT2D eigenvalue weighted by Crippen LogP contribution is -2.19. The van der Waals surface area contributed by atoms with Gasteiger partial charge in [0.05, 0.1) is 0 Å². The average molecular weight is 196 g/mol. The van der Waals surface area contributed by atoms with Gasteiger partial charge in [-0.25, -0.2) is 4.98 Å². The van der Waals surface area contributed by atoms with Crippen LogP contribution in [0.2, 0.25) is 0 Å². The van der Waals surface area contributed by atoms with Crippen molar-refractivity contribution in [2.75, 3.05) is 13.1 Å². The summed E-state index contributed by atoms with van der Waals surface area (Å²) in [7, 11) is 0. The third kappa shape index (κ3) is 3.46. The van der Waals surface area contributed by atoms with Gasteiger partial charge in [0.15, 0.2) is 0 Å². The highest BCUT2D eigenvalue weighted by atomic mass is 15.3. The van der Waals surface area contributed by atoms with E-state index < -0.39 is 0 Å².